The number of hydrogen-bond acceptors (Lipinski definition) is 4. The van der Waals surface area contributed by atoms with Crippen molar-refractivity contribution in [3.8, 4) is 0 Å². The molecule has 0 aromatic heterocycles. The summed E-state index contributed by atoms with van der Waals surface area (Å²) in [6.45, 7) is 4.66. The molecule has 0 unspecified atom stereocenters. The fraction of sp³-hybridized carbons (Fsp3) is 1.00. The third-order valence-corrected chi connectivity index (χ3v) is 2.46. The molecular formula is C5H14NO4PS. The Bertz CT molecular complexity index is 160. The fourth-order valence-corrected chi connectivity index (χ4v) is 1.54. The number of rotatable bonds is 6. The molecule has 0 aromatic carbocycles. The Kier molecular flexibility index (Phi) is 6.17. The average molecular weight is 215 g/mol. The first kappa shape index (κ1) is 12.4. The Hall–Kier alpha value is 0.420. The van der Waals surface area contributed by atoms with Crippen molar-refractivity contribution in [1.29, 1.82) is 0 Å². The highest BCUT2D eigenvalue weighted by atomic mass is 32.2. The minimum Gasteiger partial charge on any atom is -0.314 e. The standard InChI is InChI=1S/C5H14NO4PS/c1-5(2)6-3-4-12-10-11(7,8)9/h5-6H,3-4H2,1-2H3,(H2,7,8,9). The van der Waals surface area contributed by atoms with Crippen molar-refractivity contribution >= 4 is 19.9 Å². The molecule has 0 saturated heterocycles. The summed E-state index contributed by atoms with van der Waals surface area (Å²) in [5.41, 5.74) is 0. The Balaban J connectivity index is 3.17. The molecule has 0 amide bonds. The maximum atomic E-state index is 10.2. The van der Waals surface area contributed by atoms with Crippen molar-refractivity contribution in [1.82, 2.24) is 5.32 Å². The summed E-state index contributed by atoms with van der Waals surface area (Å²) >= 11 is 0.777. The summed E-state index contributed by atoms with van der Waals surface area (Å²) in [7, 11) is -4.29. The number of hydrogen-bond donors (Lipinski definition) is 3. The van der Waals surface area contributed by atoms with Gasteiger partial charge in [-0.15, -0.1) is 0 Å². The molecule has 0 aliphatic heterocycles. The van der Waals surface area contributed by atoms with Crippen LogP contribution >= 0.6 is 19.9 Å². The van der Waals surface area contributed by atoms with Gasteiger partial charge in [0.2, 0.25) is 0 Å². The van der Waals surface area contributed by atoms with Gasteiger partial charge < -0.3 is 15.1 Å². The second-order valence-electron chi connectivity index (χ2n) is 2.50. The largest absolute Gasteiger partial charge is 0.480 e. The summed E-state index contributed by atoms with van der Waals surface area (Å²) in [5, 5.41) is 3.08. The van der Waals surface area contributed by atoms with Crippen molar-refractivity contribution in [2.45, 2.75) is 19.9 Å². The van der Waals surface area contributed by atoms with Gasteiger partial charge in [-0.25, -0.2) is 8.54 Å². The molecule has 0 spiro atoms. The maximum Gasteiger partial charge on any atom is 0.480 e. The quantitative estimate of drug-likeness (QED) is 0.344. The molecule has 5 nitrogen and oxygen atoms in total. The lowest BCUT2D eigenvalue weighted by atomic mass is 10.4. The molecule has 0 atom stereocenters. The van der Waals surface area contributed by atoms with Crippen LogP contribution < -0.4 is 5.32 Å². The van der Waals surface area contributed by atoms with Crippen LogP contribution in [0.25, 0.3) is 0 Å². The zero-order chi connectivity index (χ0) is 9.61. The van der Waals surface area contributed by atoms with Crippen molar-refractivity contribution in [2.24, 2.45) is 0 Å². The Morgan fingerprint density at radius 3 is 2.58 bits per heavy atom. The molecule has 74 valence electrons. The first-order chi connectivity index (χ1) is 5.42. The van der Waals surface area contributed by atoms with E-state index in [4.69, 9.17) is 9.79 Å². The topological polar surface area (TPSA) is 78.8 Å². The maximum absolute atomic E-state index is 10.2. The second kappa shape index (κ2) is 5.96. The van der Waals surface area contributed by atoms with Crippen LogP contribution in [0.5, 0.6) is 0 Å². The Labute approximate surface area is 76.3 Å². The number of nitrogens with one attached hydrogen (secondary N) is 1. The molecule has 0 aromatic rings. The van der Waals surface area contributed by atoms with Gasteiger partial charge in [0, 0.05) is 30.4 Å². The van der Waals surface area contributed by atoms with Crippen LogP contribution in [0.4, 0.5) is 0 Å². The second-order valence-corrected chi connectivity index (χ2v) is 4.72. The molecule has 0 radical (unpaired) electrons. The first-order valence-electron chi connectivity index (χ1n) is 3.52. The van der Waals surface area contributed by atoms with E-state index in [1.54, 1.807) is 0 Å². The van der Waals surface area contributed by atoms with Crippen LogP contribution in [-0.4, -0.2) is 28.1 Å². The van der Waals surface area contributed by atoms with Crippen LogP contribution in [0, 0.1) is 0 Å². The molecule has 7 heteroatoms. The van der Waals surface area contributed by atoms with E-state index in [0.29, 0.717) is 18.3 Å². The molecule has 3 N–H and O–H groups in total. The first-order valence-corrected chi connectivity index (χ1v) is 5.96. The van der Waals surface area contributed by atoms with Crippen molar-refractivity contribution in [3.05, 3.63) is 0 Å². The Morgan fingerprint density at radius 1 is 1.58 bits per heavy atom. The van der Waals surface area contributed by atoms with Gasteiger partial charge >= 0.3 is 7.82 Å². The normalized spacial score (nSPS) is 12.4. The smallest absolute Gasteiger partial charge is 0.314 e. The zero-order valence-corrected chi connectivity index (χ0v) is 8.77. The van der Waals surface area contributed by atoms with Crippen LogP contribution in [-0.2, 0) is 8.54 Å². The van der Waals surface area contributed by atoms with Crippen molar-refractivity contribution < 1.29 is 18.3 Å². The third-order valence-electron chi connectivity index (χ3n) is 0.888. The van der Waals surface area contributed by atoms with Gasteiger partial charge in [-0.2, -0.15) is 0 Å². The molecule has 0 aliphatic rings. The molecule has 0 aliphatic carbocycles. The van der Waals surface area contributed by atoms with Gasteiger partial charge in [0.15, 0.2) is 0 Å². The summed E-state index contributed by atoms with van der Waals surface area (Å²) < 4.78 is 14.3. The van der Waals surface area contributed by atoms with Crippen molar-refractivity contribution in [3.63, 3.8) is 0 Å². The van der Waals surface area contributed by atoms with E-state index in [0.717, 1.165) is 12.0 Å². The van der Waals surface area contributed by atoms with Gasteiger partial charge in [0.05, 0.1) is 0 Å². The molecule has 0 saturated carbocycles. The highest BCUT2D eigenvalue weighted by Gasteiger charge is 2.13. The van der Waals surface area contributed by atoms with E-state index in [9.17, 15) is 4.57 Å². The van der Waals surface area contributed by atoms with Crippen LogP contribution in [0.2, 0.25) is 0 Å². The van der Waals surface area contributed by atoms with E-state index in [1.165, 1.54) is 0 Å². The van der Waals surface area contributed by atoms with Crippen molar-refractivity contribution in [2.75, 3.05) is 12.3 Å². The summed E-state index contributed by atoms with van der Waals surface area (Å²) in [6, 6.07) is 0.376. The zero-order valence-electron chi connectivity index (χ0n) is 7.06. The third kappa shape index (κ3) is 10.4. The average Bonchev–Trinajstić information content (AvgIpc) is 1.83. The fourth-order valence-electron chi connectivity index (χ4n) is 0.495. The van der Waals surface area contributed by atoms with E-state index < -0.39 is 7.82 Å². The van der Waals surface area contributed by atoms with Gasteiger partial charge in [-0.3, -0.25) is 0 Å². The molecule has 0 fully saturated rings. The monoisotopic (exact) mass is 215 g/mol. The minimum absolute atomic E-state index is 0.376. The van der Waals surface area contributed by atoms with Crippen LogP contribution in [0.1, 0.15) is 13.8 Å². The van der Waals surface area contributed by atoms with Gasteiger partial charge in [-0.05, 0) is 0 Å². The molecule has 12 heavy (non-hydrogen) atoms. The van der Waals surface area contributed by atoms with E-state index in [-0.39, 0.29) is 0 Å². The van der Waals surface area contributed by atoms with E-state index in [2.05, 4.69) is 9.29 Å². The van der Waals surface area contributed by atoms with Crippen LogP contribution in [0.3, 0.4) is 0 Å². The Morgan fingerprint density at radius 2 is 2.17 bits per heavy atom. The highest BCUT2D eigenvalue weighted by Crippen LogP contribution is 2.40. The summed E-state index contributed by atoms with van der Waals surface area (Å²) in [5.74, 6) is 0.517. The van der Waals surface area contributed by atoms with Gasteiger partial charge in [-0.1, -0.05) is 13.8 Å². The van der Waals surface area contributed by atoms with E-state index in [1.807, 2.05) is 13.8 Å². The molecule has 0 heterocycles. The molecule has 0 rings (SSSR count). The minimum atomic E-state index is -4.29. The predicted molar refractivity (Wildman–Crippen MR) is 48.7 cm³/mol. The number of phosphoric acid groups is 1. The SMILES string of the molecule is CC(C)NCCSOP(=O)(O)O. The van der Waals surface area contributed by atoms with Crippen LogP contribution in [0.15, 0.2) is 0 Å². The lowest BCUT2D eigenvalue weighted by molar-refractivity contribution is 0.298. The van der Waals surface area contributed by atoms with E-state index >= 15 is 0 Å². The molecule has 0 bridgehead atoms. The predicted octanol–water partition coefficient (Wildman–Crippen LogP) is 0.742. The van der Waals surface area contributed by atoms with Gasteiger partial charge in [0.1, 0.15) is 0 Å². The summed E-state index contributed by atoms with van der Waals surface area (Å²) in [6.07, 6.45) is 0. The lowest BCUT2D eigenvalue weighted by Gasteiger charge is -2.07. The van der Waals surface area contributed by atoms with Gasteiger partial charge in [0.25, 0.3) is 0 Å². The lowest BCUT2D eigenvalue weighted by Crippen LogP contribution is -2.24. The summed E-state index contributed by atoms with van der Waals surface area (Å²) in [4.78, 5) is 16.5. The molecular weight excluding hydrogens is 201 g/mol. The highest BCUT2D eigenvalue weighted by molar-refractivity contribution is 7.97.